The lowest BCUT2D eigenvalue weighted by atomic mass is 10.2. The number of hydrogen-bond donors (Lipinski definition) is 1. The molecular weight excluding hydrogens is 226 g/mol. The third-order valence-corrected chi connectivity index (χ3v) is 2.61. The molecule has 0 radical (unpaired) electrons. The second kappa shape index (κ2) is 6.59. The fraction of sp³-hybridized carbons (Fsp3) is 0.667. The molecule has 1 aliphatic heterocycles. The van der Waals surface area contributed by atoms with Gasteiger partial charge >= 0.3 is 0 Å². The van der Waals surface area contributed by atoms with Crippen LogP contribution in [0.3, 0.4) is 0 Å². The highest BCUT2D eigenvalue weighted by atomic mass is 19.1. The summed E-state index contributed by atoms with van der Waals surface area (Å²) in [5.41, 5.74) is 5.96. The Bertz CT molecular complexity index is 295. The number of nitrogens with zero attached hydrogens (tertiary/aromatic N) is 1. The molecule has 0 aliphatic carbocycles. The minimum Gasteiger partial charge on any atom is -0.400 e. The van der Waals surface area contributed by atoms with Crippen molar-refractivity contribution in [3.63, 3.8) is 0 Å². The van der Waals surface area contributed by atoms with Crippen LogP contribution in [-0.2, 0) is 4.74 Å². The lowest BCUT2D eigenvalue weighted by Crippen LogP contribution is -2.45. The van der Waals surface area contributed by atoms with Crippen molar-refractivity contribution in [3.05, 3.63) is 23.5 Å². The molecule has 0 saturated carbocycles. The van der Waals surface area contributed by atoms with E-state index in [-0.39, 0.29) is 17.9 Å². The summed E-state index contributed by atoms with van der Waals surface area (Å²) in [6, 6.07) is 0. The summed E-state index contributed by atoms with van der Waals surface area (Å²) >= 11 is 0. The van der Waals surface area contributed by atoms with E-state index in [4.69, 9.17) is 10.5 Å². The van der Waals surface area contributed by atoms with Gasteiger partial charge in [0.15, 0.2) is 0 Å². The molecule has 0 amide bonds. The van der Waals surface area contributed by atoms with Crippen molar-refractivity contribution in [2.24, 2.45) is 5.73 Å². The summed E-state index contributed by atoms with van der Waals surface area (Å²) in [4.78, 5) is 1.92. The average molecular weight is 246 g/mol. The molecule has 0 aromatic rings. The molecule has 1 aliphatic rings. The molecule has 98 valence electrons. The zero-order chi connectivity index (χ0) is 12.8. The van der Waals surface area contributed by atoms with E-state index in [0.717, 1.165) is 0 Å². The van der Waals surface area contributed by atoms with Gasteiger partial charge in [0.05, 0.1) is 12.2 Å². The number of halogens is 2. The highest BCUT2D eigenvalue weighted by Crippen LogP contribution is 2.16. The number of rotatable bonds is 4. The lowest BCUT2D eigenvalue weighted by Gasteiger charge is -2.37. The first kappa shape index (κ1) is 14.0. The third kappa shape index (κ3) is 4.34. The van der Waals surface area contributed by atoms with E-state index in [0.29, 0.717) is 18.8 Å². The van der Waals surface area contributed by atoms with Crippen molar-refractivity contribution in [2.45, 2.75) is 26.1 Å². The van der Waals surface area contributed by atoms with Gasteiger partial charge in [-0.15, -0.1) is 0 Å². The molecule has 1 rings (SSSR count). The van der Waals surface area contributed by atoms with Crippen LogP contribution in [0.1, 0.15) is 13.8 Å². The maximum absolute atomic E-state index is 12.9. The first-order valence-electron chi connectivity index (χ1n) is 5.74. The molecule has 0 spiro atoms. The van der Waals surface area contributed by atoms with Crippen LogP contribution in [0.4, 0.5) is 8.78 Å². The molecule has 17 heavy (non-hydrogen) atoms. The third-order valence-electron chi connectivity index (χ3n) is 2.61. The number of ether oxygens (including phenoxy) is 1. The SMILES string of the molecule is C[C@@H]1CN(/C(=C/C=C(/N)CF)CF)C[C@H](C)O1. The van der Waals surface area contributed by atoms with E-state index in [1.54, 1.807) is 6.08 Å². The number of alkyl halides is 2. The van der Waals surface area contributed by atoms with Crippen LogP contribution in [0.2, 0.25) is 0 Å². The van der Waals surface area contributed by atoms with Crippen molar-refractivity contribution in [3.8, 4) is 0 Å². The highest BCUT2D eigenvalue weighted by Gasteiger charge is 2.23. The Morgan fingerprint density at radius 2 is 1.82 bits per heavy atom. The van der Waals surface area contributed by atoms with Gasteiger partial charge in [0.2, 0.25) is 0 Å². The van der Waals surface area contributed by atoms with Gasteiger partial charge in [0, 0.05) is 24.5 Å². The Morgan fingerprint density at radius 3 is 2.29 bits per heavy atom. The quantitative estimate of drug-likeness (QED) is 0.768. The molecule has 1 heterocycles. The van der Waals surface area contributed by atoms with Crippen LogP contribution in [-0.4, -0.2) is 43.5 Å². The normalized spacial score (nSPS) is 27.4. The summed E-state index contributed by atoms with van der Waals surface area (Å²) in [6.45, 7) is 3.88. The van der Waals surface area contributed by atoms with E-state index in [9.17, 15) is 8.78 Å². The molecule has 0 bridgehead atoms. The summed E-state index contributed by atoms with van der Waals surface area (Å²) in [5, 5.41) is 0. The zero-order valence-corrected chi connectivity index (χ0v) is 10.3. The van der Waals surface area contributed by atoms with Crippen LogP contribution in [0.5, 0.6) is 0 Å². The molecule has 0 unspecified atom stereocenters. The zero-order valence-electron chi connectivity index (χ0n) is 10.3. The Balaban J connectivity index is 2.72. The van der Waals surface area contributed by atoms with Crippen molar-refractivity contribution >= 4 is 0 Å². The molecule has 0 aromatic heterocycles. The molecule has 5 heteroatoms. The standard InChI is InChI=1S/C12H20F2N2O/c1-9-7-16(8-10(2)17-9)12(6-14)4-3-11(15)5-13/h3-4,9-10H,5-8,15H2,1-2H3/b11-3+,12-4+/t9-,10+. The van der Waals surface area contributed by atoms with E-state index >= 15 is 0 Å². The minimum absolute atomic E-state index is 0.0659. The predicted molar refractivity (Wildman–Crippen MR) is 63.9 cm³/mol. The monoisotopic (exact) mass is 246 g/mol. The number of hydrogen-bond acceptors (Lipinski definition) is 3. The maximum Gasteiger partial charge on any atom is 0.129 e. The van der Waals surface area contributed by atoms with Gasteiger partial charge < -0.3 is 15.4 Å². The summed E-state index contributed by atoms with van der Waals surface area (Å²) < 4.78 is 30.7. The Labute approximate surface area is 101 Å². The van der Waals surface area contributed by atoms with Crippen molar-refractivity contribution < 1.29 is 13.5 Å². The molecular formula is C12H20F2N2O. The lowest BCUT2D eigenvalue weighted by molar-refractivity contribution is -0.0590. The first-order valence-corrected chi connectivity index (χ1v) is 5.74. The van der Waals surface area contributed by atoms with E-state index in [1.807, 2.05) is 18.7 Å². The van der Waals surface area contributed by atoms with Gasteiger partial charge in [-0.05, 0) is 26.0 Å². The average Bonchev–Trinajstić information content (AvgIpc) is 2.28. The molecule has 2 atom stereocenters. The topological polar surface area (TPSA) is 38.5 Å². The van der Waals surface area contributed by atoms with Crippen molar-refractivity contribution in [1.29, 1.82) is 0 Å². The molecule has 0 aromatic carbocycles. The van der Waals surface area contributed by atoms with Crippen LogP contribution >= 0.6 is 0 Å². The Hall–Kier alpha value is -1.10. The number of nitrogens with two attached hydrogens (primary N) is 1. The minimum atomic E-state index is -0.716. The smallest absolute Gasteiger partial charge is 0.129 e. The first-order chi connectivity index (χ1) is 8.06. The summed E-state index contributed by atoms with van der Waals surface area (Å²) in [7, 11) is 0. The van der Waals surface area contributed by atoms with Crippen LogP contribution < -0.4 is 5.73 Å². The van der Waals surface area contributed by atoms with Crippen LogP contribution in [0.25, 0.3) is 0 Å². The van der Waals surface area contributed by atoms with Crippen LogP contribution in [0.15, 0.2) is 23.5 Å². The summed E-state index contributed by atoms with van der Waals surface area (Å²) in [5.74, 6) is 0. The second-order valence-electron chi connectivity index (χ2n) is 4.33. The highest BCUT2D eigenvalue weighted by molar-refractivity contribution is 5.16. The van der Waals surface area contributed by atoms with E-state index < -0.39 is 13.3 Å². The summed E-state index contributed by atoms with van der Waals surface area (Å²) in [6.07, 6.45) is 3.09. The fourth-order valence-electron chi connectivity index (χ4n) is 1.89. The van der Waals surface area contributed by atoms with Crippen molar-refractivity contribution in [1.82, 2.24) is 4.90 Å². The molecule has 1 saturated heterocycles. The van der Waals surface area contributed by atoms with Crippen molar-refractivity contribution in [2.75, 3.05) is 26.4 Å². The number of allylic oxidation sites excluding steroid dienone is 4. The van der Waals surface area contributed by atoms with E-state index in [1.165, 1.54) is 6.08 Å². The fourth-order valence-corrected chi connectivity index (χ4v) is 1.89. The Morgan fingerprint density at radius 1 is 1.24 bits per heavy atom. The van der Waals surface area contributed by atoms with E-state index in [2.05, 4.69) is 0 Å². The number of morpholine rings is 1. The molecule has 2 N–H and O–H groups in total. The van der Waals surface area contributed by atoms with Gasteiger partial charge in [0.1, 0.15) is 13.3 Å². The van der Waals surface area contributed by atoms with Gasteiger partial charge in [-0.3, -0.25) is 0 Å². The predicted octanol–water partition coefficient (Wildman–Crippen LogP) is 1.76. The van der Waals surface area contributed by atoms with Gasteiger partial charge in [0.25, 0.3) is 0 Å². The van der Waals surface area contributed by atoms with Gasteiger partial charge in [-0.25, -0.2) is 8.78 Å². The Kier molecular flexibility index (Phi) is 5.41. The van der Waals surface area contributed by atoms with Gasteiger partial charge in [-0.2, -0.15) is 0 Å². The maximum atomic E-state index is 12.9. The largest absolute Gasteiger partial charge is 0.400 e. The molecule has 1 fully saturated rings. The van der Waals surface area contributed by atoms with Gasteiger partial charge in [-0.1, -0.05) is 0 Å². The molecule has 3 nitrogen and oxygen atoms in total. The van der Waals surface area contributed by atoms with Crippen LogP contribution in [0, 0.1) is 0 Å². The second-order valence-corrected chi connectivity index (χ2v) is 4.33.